The first-order chi connectivity index (χ1) is 11.7. The number of rotatable bonds is 3. The largest absolute Gasteiger partial charge is 0.339 e. The quantitative estimate of drug-likeness (QED) is 0.744. The van der Waals surface area contributed by atoms with Crippen LogP contribution >= 0.6 is 0 Å². The third-order valence-electron chi connectivity index (χ3n) is 4.99. The SMILES string of the molecule is Cc1cn(CC(=O)N2CCC[C@@H](n3ccnc3)C2)c2ccccc12. The number of nitrogens with zero attached hydrogens (tertiary/aromatic N) is 4. The fourth-order valence-corrected chi connectivity index (χ4v) is 3.72. The lowest BCUT2D eigenvalue weighted by molar-refractivity contribution is -0.133. The Bertz CT molecular complexity index is 850. The summed E-state index contributed by atoms with van der Waals surface area (Å²) >= 11 is 0. The zero-order valence-electron chi connectivity index (χ0n) is 13.9. The molecule has 1 aliphatic heterocycles. The number of carbonyl (C=O) groups excluding carboxylic acids is 1. The minimum Gasteiger partial charge on any atom is -0.339 e. The van der Waals surface area contributed by atoms with E-state index in [0.717, 1.165) is 31.4 Å². The number of piperidine rings is 1. The highest BCUT2D eigenvalue weighted by molar-refractivity contribution is 5.86. The van der Waals surface area contributed by atoms with Crippen LogP contribution in [-0.4, -0.2) is 38.0 Å². The van der Waals surface area contributed by atoms with Gasteiger partial charge < -0.3 is 14.0 Å². The fraction of sp³-hybridized carbons (Fsp3) is 0.368. The zero-order valence-corrected chi connectivity index (χ0v) is 13.9. The van der Waals surface area contributed by atoms with Crippen LogP contribution in [0.5, 0.6) is 0 Å². The van der Waals surface area contributed by atoms with Crippen LogP contribution in [0.25, 0.3) is 10.9 Å². The van der Waals surface area contributed by atoms with Crippen molar-refractivity contribution >= 4 is 16.8 Å². The number of likely N-dealkylation sites (tertiary alicyclic amines) is 1. The molecule has 1 aromatic carbocycles. The van der Waals surface area contributed by atoms with Gasteiger partial charge in [0, 0.05) is 42.6 Å². The van der Waals surface area contributed by atoms with Gasteiger partial charge in [-0.3, -0.25) is 4.79 Å². The summed E-state index contributed by atoms with van der Waals surface area (Å²) in [5, 5.41) is 1.22. The van der Waals surface area contributed by atoms with E-state index in [9.17, 15) is 4.79 Å². The van der Waals surface area contributed by atoms with E-state index < -0.39 is 0 Å². The maximum Gasteiger partial charge on any atom is 0.242 e. The van der Waals surface area contributed by atoms with Crippen LogP contribution in [0.3, 0.4) is 0 Å². The number of imidazole rings is 1. The summed E-state index contributed by atoms with van der Waals surface area (Å²) in [6.45, 7) is 4.12. The number of para-hydroxylation sites is 1. The maximum absolute atomic E-state index is 12.8. The van der Waals surface area contributed by atoms with Gasteiger partial charge in [0.2, 0.25) is 5.91 Å². The Kier molecular flexibility index (Phi) is 3.84. The van der Waals surface area contributed by atoms with E-state index in [1.807, 2.05) is 29.6 Å². The normalized spacial score (nSPS) is 18.2. The summed E-state index contributed by atoms with van der Waals surface area (Å²) in [6.07, 6.45) is 9.87. The van der Waals surface area contributed by atoms with Crippen molar-refractivity contribution in [2.45, 2.75) is 32.4 Å². The molecule has 0 bridgehead atoms. The smallest absolute Gasteiger partial charge is 0.242 e. The second kappa shape index (κ2) is 6.15. The molecule has 0 N–H and O–H groups in total. The van der Waals surface area contributed by atoms with Crippen LogP contribution in [0.1, 0.15) is 24.4 Å². The van der Waals surface area contributed by atoms with Crippen molar-refractivity contribution < 1.29 is 4.79 Å². The molecule has 0 radical (unpaired) electrons. The molecule has 0 spiro atoms. The molecule has 1 fully saturated rings. The second-order valence-electron chi connectivity index (χ2n) is 6.60. The van der Waals surface area contributed by atoms with Gasteiger partial charge in [-0.25, -0.2) is 4.98 Å². The number of hydrogen-bond acceptors (Lipinski definition) is 2. The summed E-state index contributed by atoms with van der Waals surface area (Å²) in [6, 6.07) is 8.61. The number of carbonyl (C=O) groups is 1. The van der Waals surface area contributed by atoms with Gasteiger partial charge in [-0.1, -0.05) is 18.2 Å². The van der Waals surface area contributed by atoms with Crippen molar-refractivity contribution in [3.8, 4) is 0 Å². The predicted octanol–water partition coefficient (Wildman–Crippen LogP) is 3.01. The summed E-state index contributed by atoms with van der Waals surface area (Å²) in [7, 11) is 0. The van der Waals surface area contributed by atoms with Gasteiger partial charge in [0.1, 0.15) is 6.54 Å². The van der Waals surface area contributed by atoms with Gasteiger partial charge in [0.05, 0.1) is 12.4 Å². The summed E-state index contributed by atoms with van der Waals surface area (Å²) in [4.78, 5) is 18.9. The minimum absolute atomic E-state index is 0.195. The Morgan fingerprint density at radius 3 is 3.04 bits per heavy atom. The molecule has 3 aromatic rings. The summed E-state index contributed by atoms with van der Waals surface area (Å²) in [5.41, 5.74) is 2.35. The maximum atomic E-state index is 12.8. The topological polar surface area (TPSA) is 43.1 Å². The Labute approximate surface area is 141 Å². The van der Waals surface area contributed by atoms with E-state index in [4.69, 9.17) is 0 Å². The third-order valence-corrected chi connectivity index (χ3v) is 4.99. The molecular formula is C19H22N4O. The molecule has 1 atom stereocenters. The highest BCUT2D eigenvalue weighted by Crippen LogP contribution is 2.23. The Morgan fingerprint density at radius 2 is 2.21 bits per heavy atom. The van der Waals surface area contributed by atoms with E-state index in [1.54, 1.807) is 6.20 Å². The minimum atomic E-state index is 0.195. The highest BCUT2D eigenvalue weighted by Gasteiger charge is 2.24. The molecule has 2 aromatic heterocycles. The van der Waals surface area contributed by atoms with Crippen LogP contribution in [0.15, 0.2) is 49.2 Å². The summed E-state index contributed by atoms with van der Waals surface area (Å²) in [5.74, 6) is 0.195. The Hall–Kier alpha value is -2.56. The lowest BCUT2D eigenvalue weighted by Gasteiger charge is -2.33. The van der Waals surface area contributed by atoms with Crippen molar-refractivity contribution in [3.05, 3.63) is 54.7 Å². The third kappa shape index (κ3) is 2.70. The molecule has 0 saturated carbocycles. The first kappa shape index (κ1) is 15.0. The van der Waals surface area contributed by atoms with E-state index in [2.05, 4.69) is 39.4 Å². The van der Waals surface area contributed by atoms with Gasteiger partial charge in [-0.2, -0.15) is 0 Å². The molecular weight excluding hydrogens is 300 g/mol. The van der Waals surface area contributed by atoms with E-state index in [-0.39, 0.29) is 5.91 Å². The Balaban J connectivity index is 1.51. The van der Waals surface area contributed by atoms with Crippen molar-refractivity contribution in [3.63, 3.8) is 0 Å². The van der Waals surface area contributed by atoms with Crippen LogP contribution in [0, 0.1) is 6.92 Å². The molecule has 124 valence electrons. The number of hydrogen-bond donors (Lipinski definition) is 0. The number of aromatic nitrogens is 3. The van der Waals surface area contributed by atoms with Crippen LogP contribution in [-0.2, 0) is 11.3 Å². The second-order valence-corrected chi connectivity index (χ2v) is 6.60. The molecule has 1 saturated heterocycles. The van der Waals surface area contributed by atoms with E-state index in [0.29, 0.717) is 12.6 Å². The van der Waals surface area contributed by atoms with Gasteiger partial charge in [0.25, 0.3) is 0 Å². The monoisotopic (exact) mass is 322 g/mol. The zero-order chi connectivity index (χ0) is 16.5. The molecule has 24 heavy (non-hydrogen) atoms. The van der Waals surface area contributed by atoms with Crippen LogP contribution in [0.4, 0.5) is 0 Å². The lowest BCUT2D eigenvalue weighted by atomic mass is 10.1. The molecule has 0 aliphatic carbocycles. The number of fused-ring (bicyclic) bond motifs is 1. The van der Waals surface area contributed by atoms with Crippen molar-refractivity contribution in [2.24, 2.45) is 0 Å². The van der Waals surface area contributed by atoms with Gasteiger partial charge in [-0.15, -0.1) is 0 Å². The van der Waals surface area contributed by atoms with Gasteiger partial charge in [-0.05, 0) is 31.4 Å². The molecule has 0 unspecified atom stereocenters. The van der Waals surface area contributed by atoms with Crippen LogP contribution < -0.4 is 0 Å². The molecule has 5 heteroatoms. The highest BCUT2D eigenvalue weighted by atomic mass is 16.2. The fourth-order valence-electron chi connectivity index (χ4n) is 3.72. The van der Waals surface area contributed by atoms with Gasteiger partial charge >= 0.3 is 0 Å². The average Bonchev–Trinajstić information content (AvgIpc) is 3.25. The molecule has 5 nitrogen and oxygen atoms in total. The number of aryl methyl sites for hydroxylation is 1. The van der Waals surface area contributed by atoms with E-state index >= 15 is 0 Å². The first-order valence-electron chi connectivity index (χ1n) is 8.52. The average molecular weight is 322 g/mol. The first-order valence-corrected chi connectivity index (χ1v) is 8.52. The van der Waals surface area contributed by atoms with E-state index in [1.165, 1.54) is 10.9 Å². The van der Waals surface area contributed by atoms with Crippen LogP contribution in [0.2, 0.25) is 0 Å². The lowest BCUT2D eigenvalue weighted by Crippen LogP contribution is -2.42. The molecule has 3 heterocycles. The summed E-state index contributed by atoms with van der Waals surface area (Å²) < 4.78 is 4.20. The van der Waals surface area contributed by atoms with Gasteiger partial charge in [0.15, 0.2) is 0 Å². The standard InChI is InChI=1S/C19H22N4O/c1-15-11-23(18-7-3-2-6-17(15)18)13-19(24)21-9-4-5-16(12-21)22-10-8-20-14-22/h2-3,6-8,10-11,14,16H,4-5,9,12-13H2,1H3/t16-/m1/s1. The predicted molar refractivity (Wildman–Crippen MR) is 93.8 cm³/mol. The number of amides is 1. The number of benzene rings is 1. The van der Waals surface area contributed by atoms with Crippen molar-refractivity contribution in [1.29, 1.82) is 0 Å². The van der Waals surface area contributed by atoms with Crippen molar-refractivity contribution in [2.75, 3.05) is 13.1 Å². The molecule has 1 amide bonds. The molecule has 1 aliphatic rings. The molecule has 4 rings (SSSR count). The van der Waals surface area contributed by atoms with Crippen molar-refractivity contribution in [1.82, 2.24) is 19.0 Å². The Morgan fingerprint density at radius 1 is 1.33 bits per heavy atom.